The molecule has 1 saturated heterocycles. The Hall–Kier alpha value is -3.17. The van der Waals surface area contributed by atoms with Crippen molar-refractivity contribution in [3.05, 3.63) is 42.1 Å². The number of carbonyl (C=O) groups is 1. The molecule has 4 heterocycles. The summed E-state index contributed by atoms with van der Waals surface area (Å²) in [7, 11) is 0. The van der Waals surface area contributed by atoms with Gasteiger partial charge in [-0.1, -0.05) is 0 Å². The maximum Gasteiger partial charge on any atom is 0.419 e. The van der Waals surface area contributed by atoms with Crippen LogP contribution in [0.15, 0.2) is 30.9 Å². The molecule has 1 aliphatic heterocycles. The zero-order chi connectivity index (χ0) is 20.8. The lowest BCUT2D eigenvalue weighted by Gasteiger charge is -2.33. The fourth-order valence-electron chi connectivity index (χ4n) is 3.61. The zero-order valence-electron chi connectivity index (χ0n) is 15.6. The number of alkyl halides is 3. The van der Waals surface area contributed by atoms with Crippen molar-refractivity contribution in [2.45, 2.75) is 25.9 Å². The molecular weight excluding hydrogens is 385 g/mol. The van der Waals surface area contributed by atoms with E-state index >= 15 is 0 Å². The molecule has 2 N–H and O–H groups in total. The molecule has 0 radical (unpaired) electrons. The first-order valence-electron chi connectivity index (χ1n) is 9.15. The molecule has 0 aromatic carbocycles. The van der Waals surface area contributed by atoms with E-state index in [1.165, 1.54) is 12.4 Å². The Labute approximate surface area is 164 Å². The summed E-state index contributed by atoms with van der Waals surface area (Å²) < 4.78 is 43.1. The molecule has 0 spiro atoms. The predicted octanol–water partition coefficient (Wildman–Crippen LogP) is 2.82. The summed E-state index contributed by atoms with van der Waals surface area (Å²) in [5, 5.41) is 0. The number of hydrogen-bond donors (Lipinski definition) is 1. The summed E-state index contributed by atoms with van der Waals surface area (Å²) in [6.07, 6.45) is 2.55. The van der Waals surface area contributed by atoms with Crippen molar-refractivity contribution in [3.63, 3.8) is 0 Å². The summed E-state index contributed by atoms with van der Waals surface area (Å²) >= 11 is 0. The highest BCUT2D eigenvalue weighted by Gasteiger charge is 2.37. The topological polar surface area (TPSA) is 89.4 Å². The molecule has 0 aliphatic carbocycles. The third-order valence-corrected chi connectivity index (χ3v) is 5.13. The molecule has 0 atom stereocenters. The van der Waals surface area contributed by atoms with Crippen LogP contribution in [0.3, 0.4) is 0 Å². The Morgan fingerprint density at radius 2 is 1.90 bits per heavy atom. The van der Waals surface area contributed by atoms with E-state index in [2.05, 4.69) is 15.0 Å². The van der Waals surface area contributed by atoms with Crippen molar-refractivity contribution in [3.8, 4) is 11.3 Å². The highest BCUT2D eigenvalue weighted by Crippen LogP contribution is 2.38. The summed E-state index contributed by atoms with van der Waals surface area (Å²) in [6, 6.07) is 1.07. The molecular formula is C19H19F3N6O. The zero-order valence-corrected chi connectivity index (χ0v) is 15.6. The number of aryl methyl sites for hydroxylation is 1. The van der Waals surface area contributed by atoms with Crippen LogP contribution in [-0.2, 0) is 11.0 Å². The van der Waals surface area contributed by atoms with Crippen LogP contribution in [0.4, 0.5) is 19.0 Å². The molecule has 0 bridgehead atoms. The Bertz CT molecular complexity index is 1070. The first-order valence-corrected chi connectivity index (χ1v) is 9.15. The second-order valence-corrected chi connectivity index (χ2v) is 7.18. The minimum Gasteiger partial charge on any atom is -0.369 e. The number of piperidine rings is 1. The molecule has 0 saturated carbocycles. The number of nitrogens with zero attached hydrogens (tertiary/aromatic N) is 5. The van der Waals surface area contributed by atoms with E-state index in [1.54, 1.807) is 21.7 Å². The largest absolute Gasteiger partial charge is 0.419 e. The highest BCUT2D eigenvalue weighted by atomic mass is 19.4. The molecule has 3 aromatic heterocycles. The number of aromatic nitrogens is 4. The lowest BCUT2D eigenvalue weighted by atomic mass is 9.96. The summed E-state index contributed by atoms with van der Waals surface area (Å²) in [5.74, 6) is -0.863. The summed E-state index contributed by atoms with van der Waals surface area (Å²) in [4.78, 5) is 25.5. The van der Waals surface area contributed by atoms with Crippen LogP contribution in [0, 0.1) is 12.8 Å². The Kier molecular flexibility index (Phi) is 4.64. The van der Waals surface area contributed by atoms with Gasteiger partial charge in [0, 0.05) is 43.2 Å². The van der Waals surface area contributed by atoms with Crippen LogP contribution in [-0.4, -0.2) is 38.3 Å². The van der Waals surface area contributed by atoms with Crippen molar-refractivity contribution < 1.29 is 18.0 Å². The minimum atomic E-state index is -4.57. The molecule has 1 aliphatic rings. The number of rotatable bonds is 3. The second kappa shape index (κ2) is 7.02. The van der Waals surface area contributed by atoms with Crippen LogP contribution in [0.25, 0.3) is 16.9 Å². The Morgan fingerprint density at radius 3 is 2.55 bits per heavy atom. The van der Waals surface area contributed by atoms with Crippen molar-refractivity contribution in [1.29, 1.82) is 0 Å². The number of hydrogen-bond acceptors (Lipinski definition) is 5. The van der Waals surface area contributed by atoms with Gasteiger partial charge in [-0.15, -0.1) is 0 Å². The van der Waals surface area contributed by atoms with Crippen molar-refractivity contribution in [2.24, 2.45) is 11.7 Å². The summed E-state index contributed by atoms with van der Waals surface area (Å²) in [6.45, 7) is 2.41. The molecule has 3 aromatic rings. The normalized spacial score (nSPS) is 15.8. The number of primary amides is 1. The van der Waals surface area contributed by atoms with E-state index in [-0.39, 0.29) is 17.3 Å². The number of carbonyl (C=O) groups excluding carboxylic acids is 1. The Morgan fingerprint density at radius 1 is 1.17 bits per heavy atom. The van der Waals surface area contributed by atoms with Crippen molar-refractivity contribution >= 4 is 17.4 Å². The van der Waals surface area contributed by atoms with Crippen LogP contribution >= 0.6 is 0 Å². The van der Waals surface area contributed by atoms with Gasteiger partial charge in [-0.2, -0.15) is 13.2 Å². The fraction of sp³-hybridized carbons (Fsp3) is 0.368. The molecule has 1 amide bonds. The van der Waals surface area contributed by atoms with Gasteiger partial charge in [0.15, 0.2) is 5.65 Å². The first kappa shape index (κ1) is 19.2. The lowest BCUT2D eigenvalue weighted by molar-refractivity contribution is -0.137. The number of pyridine rings is 1. The quantitative estimate of drug-likeness (QED) is 0.725. The molecule has 7 nitrogen and oxygen atoms in total. The number of amides is 1. The van der Waals surface area contributed by atoms with Gasteiger partial charge >= 0.3 is 6.18 Å². The van der Waals surface area contributed by atoms with Gasteiger partial charge in [0.1, 0.15) is 5.82 Å². The molecule has 1 fully saturated rings. The van der Waals surface area contributed by atoms with Crippen LogP contribution in [0.2, 0.25) is 0 Å². The van der Waals surface area contributed by atoms with Gasteiger partial charge in [-0.05, 0) is 25.8 Å². The molecule has 152 valence electrons. The van der Waals surface area contributed by atoms with E-state index in [9.17, 15) is 18.0 Å². The van der Waals surface area contributed by atoms with Crippen molar-refractivity contribution in [2.75, 3.05) is 18.0 Å². The standard InChI is InChI=1S/C19H19F3N6O/c1-11-9-28-10-15(24-8-16(28)26-11)13-6-14(19(20,21)22)18(25-7-13)27-4-2-12(3-5-27)17(23)29/h6-10,12H,2-5H2,1H3,(H2,23,29). The predicted molar refractivity (Wildman–Crippen MR) is 100 cm³/mol. The maximum absolute atomic E-state index is 13.8. The number of halogens is 3. The van der Waals surface area contributed by atoms with Gasteiger partial charge in [-0.3, -0.25) is 9.78 Å². The molecule has 0 unspecified atom stereocenters. The van der Waals surface area contributed by atoms with Gasteiger partial charge in [0.25, 0.3) is 0 Å². The fourth-order valence-corrected chi connectivity index (χ4v) is 3.61. The minimum absolute atomic E-state index is 0.135. The third kappa shape index (κ3) is 3.74. The molecule has 10 heteroatoms. The van der Waals surface area contributed by atoms with E-state index in [0.717, 1.165) is 11.8 Å². The number of anilines is 1. The van der Waals surface area contributed by atoms with Crippen molar-refractivity contribution in [1.82, 2.24) is 19.4 Å². The van der Waals surface area contributed by atoms with Gasteiger partial charge in [0.2, 0.25) is 5.91 Å². The molecule has 4 rings (SSSR count). The van der Waals surface area contributed by atoms with Crippen LogP contribution < -0.4 is 10.6 Å². The van der Waals surface area contributed by atoms with E-state index in [4.69, 9.17) is 5.73 Å². The van der Waals surface area contributed by atoms with Crippen LogP contribution in [0.5, 0.6) is 0 Å². The number of nitrogens with two attached hydrogens (primary N) is 1. The van der Waals surface area contributed by atoms with Crippen LogP contribution in [0.1, 0.15) is 24.1 Å². The summed E-state index contributed by atoms with van der Waals surface area (Å²) in [5.41, 5.74) is 6.52. The SMILES string of the molecule is Cc1cn2cc(-c3cnc(N4CCC(C(N)=O)CC4)c(C(F)(F)F)c3)ncc2n1. The smallest absolute Gasteiger partial charge is 0.369 e. The molecule has 29 heavy (non-hydrogen) atoms. The van der Waals surface area contributed by atoms with E-state index in [1.807, 2.05) is 6.92 Å². The number of imidazole rings is 1. The van der Waals surface area contributed by atoms with Gasteiger partial charge in [0.05, 0.1) is 23.1 Å². The highest BCUT2D eigenvalue weighted by molar-refractivity contribution is 5.77. The second-order valence-electron chi connectivity index (χ2n) is 7.18. The average molecular weight is 404 g/mol. The first-order chi connectivity index (χ1) is 13.7. The van der Waals surface area contributed by atoms with E-state index < -0.39 is 17.6 Å². The lowest BCUT2D eigenvalue weighted by Crippen LogP contribution is -2.39. The number of fused-ring (bicyclic) bond motifs is 1. The monoisotopic (exact) mass is 404 g/mol. The maximum atomic E-state index is 13.8. The van der Waals surface area contributed by atoms with E-state index in [0.29, 0.717) is 37.3 Å². The van der Waals surface area contributed by atoms with Gasteiger partial charge in [-0.25, -0.2) is 9.97 Å². The Balaban J connectivity index is 1.70. The average Bonchev–Trinajstić information content (AvgIpc) is 3.06. The van der Waals surface area contributed by atoms with Gasteiger partial charge < -0.3 is 15.0 Å². The third-order valence-electron chi connectivity index (χ3n) is 5.13.